The SMILES string of the molecule is Cc1noc(C)c1CN1CCN(Cc2nc(-c3ccco3)no2)CC1. The predicted molar refractivity (Wildman–Crippen MR) is 88.5 cm³/mol. The molecule has 1 aliphatic heterocycles. The van der Waals surface area contributed by atoms with E-state index < -0.39 is 0 Å². The molecule has 0 unspecified atom stereocenters. The Kier molecular flexibility index (Phi) is 4.37. The lowest BCUT2D eigenvalue weighted by Crippen LogP contribution is -2.45. The Balaban J connectivity index is 1.30. The average Bonchev–Trinajstić information content (AvgIpc) is 3.35. The zero-order valence-electron chi connectivity index (χ0n) is 14.4. The molecular formula is C17H21N5O3. The van der Waals surface area contributed by atoms with Crippen LogP contribution in [0, 0.1) is 13.8 Å². The molecule has 0 radical (unpaired) electrons. The number of piperazine rings is 1. The largest absolute Gasteiger partial charge is 0.461 e. The second-order valence-corrected chi connectivity index (χ2v) is 6.34. The molecule has 3 aromatic rings. The third-order valence-corrected chi connectivity index (χ3v) is 4.60. The minimum absolute atomic E-state index is 0.497. The van der Waals surface area contributed by atoms with Gasteiger partial charge in [0.15, 0.2) is 5.76 Å². The van der Waals surface area contributed by atoms with Gasteiger partial charge in [-0.25, -0.2) is 0 Å². The minimum Gasteiger partial charge on any atom is -0.461 e. The predicted octanol–water partition coefficient (Wildman–Crippen LogP) is 2.25. The van der Waals surface area contributed by atoms with Crippen LogP contribution in [0.4, 0.5) is 0 Å². The van der Waals surface area contributed by atoms with Gasteiger partial charge in [-0.2, -0.15) is 4.98 Å². The topological polar surface area (TPSA) is 84.6 Å². The first-order valence-electron chi connectivity index (χ1n) is 8.42. The molecule has 4 heterocycles. The van der Waals surface area contributed by atoms with Crippen molar-refractivity contribution in [3.8, 4) is 11.6 Å². The van der Waals surface area contributed by atoms with Crippen LogP contribution in [0.25, 0.3) is 11.6 Å². The highest BCUT2D eigenvalue weighted by Crippen LogP contribution is 2.18. The molecular weight excluding hydrogens is 322 g/mol. The van der Waals surface area contributed by atoms with E-state index in [0.29, 0.717) is 24.0 Å². The van der Waals surface area contributed by atoms with Crippen LogP contribution in [-0.4, -0.2) is 51.3 Å². The van der Waals surface area contributed by atoms with E-state index in [1.54, 1.807) is 6.26 Å². The zero-order valence-corrected chi connectivity index (χ0v) is 14.4. The van der Waals surface area contributed by atoms with E-state index >= 15 is 0 Å². The van der Waals surface area contributed by atoms with Crippen LogP contribution < -0.4 is 0 Å². The standard InChI is InChI=1S/C17H21N5O3/c1-12-14(13(2)24-19-12)10-21-5-7-22(8-6-21)11-16-18-17(20-25-16)15-4-3-9-23-15/h3-4,9H,5-8,10-11H2,1-2H3. The van der Waals surface area contributed by atoms with Gasteiger partial charge in [-0.3, -0.25) is 9.80 Å². The first-order valence-corrected chi connectivity index (χ1v) is 8.42. The van der Waals surface area contributed by atoms with Crippen LogP contribution in [0.5, 0.6) is 0 Å². The van der Waals surface area contributed by atoms with Crippen LogP contribution in [-0.2, 0) is 13.1 Å². The average molecular weight is 343 g/mol. The smallest absolute Gasteiger partial charge is 0.241 e. The molecule has 1 aliphatic rings. The first kappa shape index (κ1) is 16.0. The van der Waals surface area contributed by atoms with Gasteiger partial charge in [-0.05, 0) is 26.0 Å². The van der Waals surface area contributed by atoms with Crippen LogP contribution in [0.15, 0.2) is 31.9 Å². The molecule has 1 saturated heterocycles. The lowest BCUT2D eigenvalue weighted by molar-refractivity contribution is 0.111. The summed E-state index contributed by atoms with van der Waals surface area (Å²) in [7, 11) is 0. The molecule has 0 aliphatic carbocycles. The molecule has 0 amide bonds. The fraction of sp³-hybridized carbons (Fsp3) is 0.471. The lowest BCUT2D eigenvalue weighted by Gasteiger charge is -2.33. The molecule has 0 bridgehead atoms. The summed E-state index contributed by atoms with van der Waals surface area (Å²) in [4.78, 5) is 9.15. The highest BCUT2D eigenvalue weighted by molar-refractivity contribution is 5.44. The van der Waals surface area contributed by atoms with Crippen molar-refractivity contribution in [2.45, 2.75) is 26.9 Å². The molecule has 3 aromatic heterocycles. The monoisotopic (exact) mass is 343 g/mol. The molecule has 25 heavy (non-hydrogen) atoms. The van der Waals surface area contributed by atoms with Gasteiger partial charge >= 0.3 is 0 Å². The van der Waals surface area contributed by atoms with Crippen LogP contribution in [0.1, 0.15) is 22.9 Å². The van der Waals surface area contributed by atoms with Crippen molar-refractivity contribution in [2.24, 2.45) is 0 Å². The maximum absolute atomic E-state index is 5.34. The summed E-state index contributed by atoms with van der Waals surface area (Å²) in [5.41, 5.74) is 2.18. The molecule has 0 saturated carbocycles. The fourth-order valence-electron chi connectivity index (χ4n) is 3.07. The zero-order chi connectivity index (χ0) is 17.2. The number of rotatable bonds is 5. The van der Waals surface area contributed by atoms with Crippen LogP contribution >= 0.6 is 0 Å². The van der Waals surface area contributed by atoms with Crippen molar-refractivity contribution in [1.29, 1.82) is 0 Å². The fourth-order valence-corrected chi connectivity index (χ4v) is 3.07. The number of aromatic nitrogens is 3. The summed E-state index contributed by atoms with van der Waals surface area (Å²) in [5, 5.41) is 8.00. The molecule has 8 heteroatoms. The van der Waals surface area contributed by atoms with E-state index in [2.05, 4.69) is 25.1 Å². The second kappa shape index (κ2) is 6.81. The molecule has 1 fully saturated rings. The van der Waals surface area contributed by atoms with E-state index in [-0.39, 0.29) is 0 Å². The summed E-state index contributed by atoms with van der Waals surface area (Å²) < 4.78 is 15.9. The van der Waals surface area contributed by atoms with Gasteiger partial charge in [0.25, 0.3) is 0 Å². The molecule has 0 N–H and O–H groups in total. The molecule has 4 rings (SSSR count). The lowest BCUT2D eigenvalue weighted by atomic mass is 10.2. The van der Waals surface area contributed by atoms with Gasteiger partial charge in [0, 0.05) is 38.3 Å². The summed E-state index contributed by atoms with van der Waals surface area (Å²) in [6, 6.07) is 3.63. The van der Waals surface area contributed by atoms with Crippen molar-refractivity contribution < 1.29 is 13.5 Å². The summed E-state index contributed by atoms with van der Waals surface area (Å²) in [6.45, 7) is 9.41. The Labute approximate surface area is 145 Å². The van der Waals surface area contributed by atoms with Crippen molar-refractivity contribution >= 4 is 0 Å². The Morgan fingerprint density at radius 3 is 2.40 bits per heavy atom. The number of hydrogen-bond donors (Lipinski definition) is 0. The van der Waals surface area contributed by atoms with Gasteiger partial charge in [0.05, 0.1) is 18.5 Å². The van der Waals surface area contributed by atoms with Crippen molar-refractivity contribution in [3.05, 3.63) is 41.3 Å². The van der Waals surface area contributed by atoms with Crippen molar-refractivity contribution in [1.82, 2.24) is 25.1 Å². The molecule has 8 nitrogen and oxygen atoms in total. The van der Waals surface area contributed by atoms with E-state index in [9.17, 15) is 0 Å². The van der Waals surface area contributed by atoms with E-state index in [1.165, 1.54) is 5.56 Å². The maximum atomic E-state index is 5.34. The highest BCUT2D eigenvalue weighted by atomic mass is 16.5. The second-order valence-electron chi connectivity index (χ2n) is 6.34. The van der Waals surface area contributed by atoms with Crippen LogP contribution in [0.3, 0.4) is 0 Å². The Bertz CT molecular complexity index is 796. The summed E-state index contributed by atoms with van der Waals surface area (Å²) in [6.07, 6.45) is 1.60. The number of nitrogens with zero attached hydrogens (tertiary/aromatic N) is 5. The molecule has 0 spiro atoms. The molecule has 0 aromatic carbocycles. The Morgan fingerprint density at radius 1 is 1.00 bits per heavy atom. The number of hydrogen-bond acceptors (Lipinski definition) is 8. The van der Waals surface area contributed by atoms with Gasteiger partial charge in [0.2, 0.25) is 11.7 Å². The molecule has 132 valence electrons. The van der Waals surface area contributed by atoms with Crippen molar-refractivity contribution in [3.63, 3.8) is 0 Å². The summed E-state index contributed by atoms with van der Waals surface area (Å²) in [5.74, 6) is 2.65. The van der Waals surface area contributed by atoms with Crippen LogP contribution in [0.2, 0.25) is 0 Å². The number of aryl methyl sites for hydroxylation is 2. The normalized spacial score (nSPS) is 16.6. The van der Waals surface area contributed by atoms with E-state index in [0.717, 1.165) is 44.2 Å². The molecule has 0 atom stereocenters. The van der Waals surface area contributed by atoms with Gasteiger partial charge in [-0.15, -0.1) is 0 Å². The highest BCUT2D eigenvalue weighted by Gasteiger charge is 2.21. The minimum atomic E-state index is 0.497. The number of furan rings is 1. The Hall–Kier alpha value is -2.45. The van der Waals surface area contributed by atoms with Gasteiger partial charge < -0.3 is 13.5 Å². The van der Waals surface area contributed by atoms with Gasteiger partial charge in [0.1, 0.15) is 5.76 Å². The quantitative estimate of drug-likeness (QED) is 0.697. The summed E-state index contributed by atoms with van der Waals surface area (Å²) >= 11 is 0. The van der Waals surface area contributed by atoms with Crippen molar-refractivity contribution in [2.75, 3.05) is 26.2 Å². The van der Waals surface area contributed by atoms with E-state index in [1.807, 2.05) is 26.0 Å². The maximum Gasteiger partial charge on any atom is 0.241 e. The third-order valence-electron chi connectivity index (χ3n) is 4.60. The third kappa shape index (κ3) is 3.49. The van der Waals surface area contributed by atoms with Gasteiger partial charge in [-0.1, -0.05) is 10.3 Å². The Morgan fingerprint density at radius 2 is 1.76 bits per heavy atom. The first-order chi connectivity index (χ1) is 12.2. The van der Waals surface area contributed by atoms with E-state index in [4.69, 9.17) is 13.5 Å².